The first-order valence-corrected chi connectivity index (χ1v) is 5.77. The molecule has 0 amide bonds. The lowest BCUT2D eigenvalue weighted by atomic mass is 10.2. The number of allylic oxidation sites excluding steroid dienone is 2. The van der Waals surface area contributed by atoms with Crippen molar-refractivity contribution in [3.8, 4) is 0 Å². The number of hydroxylamine groups is 1. The molecule has 0 unspecified atom stereocenters. The average Bonchev–Trinajstić information content (AvgIpc) is 2.80. The number of anilines is 1. The van der Waals surface area contributed by atoms with E-state index >= 15 is 0 Å². The van der Waals surface area contributed by atoms with Gasteiger partial charge in [-0.05, 0) is 30.4 Å². The van der Waals surface area contributed by atoms with Crippen LogP contribution in [0.1, 0.15) is 0 Å². The van der Waals surface area contributed by atoms with Crippen LogP contribution in [-0.4, -0.2) is 0 Å². The molecule has 3 rings (SSSR count). The van der Waals surface area contributed by atoms with Crippen molar-refractivity contribution in [3.05, 3.63) is 64.3 Å². The number of hydrogen-bond acceptors (Lipinski definition) is 3. The van der Waals surface area contributed by atoms with E-state index in [1.54, 1.807) is 12.3 Å². The maximum Gasteiger partial charge on any atom is 0.180 e. The lowest BCUT2D eigenvalue weighted by molar-refractivity contribution is 0.169. The Labute approximate surface area is 109 Å². The van der Waals surface area contributed by atoms with Gasteiger partial charge in [0.1, 0.15) is 5.70 Å². The lowest BCUT2D eigenvalue weighted by Gasteiger charge is -2.23. The van der Waals surface area contributed by atoms with Crippen molar-refractivity contribution < 1.29 is 4.84 Å². The highest BCUT2D eigenvalue weighted by molar-refractivity contribution is 6.42. The molecule has 0 spiro atoms. The van der Waals surface area contributed by atoms with Crippen molar-refractivity contribution in [2.75, 3.05) is 4.90 Å². The zero-order valence-electron chi connectivity index (χ0n) is 8.65. The number of rotatable bonds is 1. The van der Waals surface area contributed by atoms with E-state index in [4.69, 9.17) is 28.0 Å². The minimum absolute atomic E-state index is 0.529. The van der Waals surface area contributed by atoms with Gasteiger partial charge in [0.2, 0.25) is 0 Å². The van der Waals surface area contributed by atoms with Crippen LogP contribution in [0.2, 0.25) is 10.0 Å². The molecular weight excluding hydrogens is 259 g/mol. The summed E-state index contributed by atoms with van der Waals surface area (Å²) in [4.78, 5) is 7.20. The molecule has 0 saturated heterocycles. The van der Waals surface area contributed by atoms with Crippen LogP contribution in [0.15, 0.2) is 54.2 Å². The Morgan fingerprint density at radius 1 is 1.18 bits per heavy atom. The van der Waals surface area contributed by atoms with Crippen LogP contribution in [0.5, 0.6) is 0 Å². The SMILES string of the molecule is Clc1ccc(N2C=CC=C3ONC=C32)cc1Cl. The van der Waals surface area contributed by atoms with Gasteiger partial charge in [0.05, 0.1) is 16.2 Å². The smallest absolute Gasteiger partial charge is 0.180 e. The molecule has 0 aliphatic carbocycles. The van der Waals surface area contributed by atoms with Crippen LogP contribution in [0.25, 0.3) is 0 Å². The normalized spacial score (nSPS) is 16.9. The van der Waals surface area contributed by atoms with Gasteiger partial charge in [-0.3, -0.25) is 0 Å². The van der Waals surface area contributed by atoms with Gasteiger partial charge in [-0.15, -0.1) is 0 Å². The molecule has 0 bridgehead atoms. The first-order valence-electron chi connectivity index (χ1n) is 5.01. The van der Waals surface area contributed by atoms with Crippen molar-refractivity contribution >= 4 is 28.9 Å². The highest BCUT2D eigenvalue weighted by Gasteiger charge is 2.22. The molecular formula is C12H8Cl2N2O. The van der Waals surface area contributed by atoms with Gasteiger partial charge in [0, 0.05) is 11.9 Å². The summed E-state index contributed by atoms with van der Waals surface area (Å²) in [5.74, 6) is 0.776. The second-order valence-electron chi connectivity index (χ2n) is 3.59. The molecule has 5 heteroatoms. The Morgan fingerprint density at radius 2 is 2.06 bits per heavy atom. The molecule has 2 heterocycles. The quantitative estimate of drug-likeness (QED) is 0.841. The summed E-state index contributed by atoms with van der Waals surface area (Å²) in [5, 5.41) is 1.07. The molecule has 0 atom stereocenters. The molecule has 1 N–H and O–H groups in total. The van der Waals surface area contributed by atoms with E-state index in [0.717, 1.165) is 17.1 Å². The predicted octanol–water partition coefficient (Wildman–Crippen LogP) is 3.59. The Hall–Kier alpha value is -1.58. The van der Waals surface area contributed by atoms with Crippen LogP contribution in [0.4, 0.5) is 5.69 Å². The van der Waals surface area contributed by atoms with Crippen molar-refractivity contribution in [2.45, 2.75) is 0 Å². The Morgan fingerprint density at radius 3 is 2.88 bits per heavy atom. The first kappa shape index (κ1) is 10.6. The third-order valence-electron chi connectivity index (χ3n) is 2.54. The number of halogens is 2. The third-order valence-corrected chi connectivity index (χ3v) is 3.28. The number of fused-ring (bicyclic) bond motifs is 1. The highest BCUT2D eigenvalue weighted by Crippen LogP contribution is 2.33. The van der Waals surface area contributed by atoms with Gasteiger partial charge in [-0.1, -0.05) is 23.2 Å². The predicted molar refractivity (Wildman–Crippen MR) is 68.5 cm³/mol. The van der Waals surface area contributed by atoms with Gasteiger partial charge in [-0.2, -0.15) is 0 Å². The second kappa shape index (κ2) is 4.02. The maximum atomic E-state index is 6.01. The summed E-state index contributed by atoms with van der Waals surface area (Å²) < 4.78 is 0. The minimum atomic E-state index is 0.529. The number of nitrogens with zero attached hydrogens (tertiary/aromatic N) is 1. The fourth-order valence-corrected chi connectivity index (χ4v) is 2.03. The van der Waals surface area contributed by atoms with Crippen LogP contribution in [-0.2, 0) is 4.84 Å². The summed E-state index contributed by atoms with van der Waals surface area (Å²) in [6.45, 7) is 0. The molecule has 1 aromatic carbocycles. The standard InChI is InChI=1S/C12H8Cl2N2O/c13-9-4-3-8(6-10(9)14)16-5-1-2-12-11(16)7-15-17-12/h1-7,15H. The van der Waals surface area contributed by atoms with Crippen molar-refractivity contribution in [1.29, 1.82) is 0 Å². The molecule has 86 valence electrons. The van der Waals surface area contributed by atoms with Crippen molar-refractivity contribution in [1.82, 2.24) is 5.48 Å². The number of benzene rings is 1. The number of nitrogens with one attached hydrogen (secondary N) is 1. The zero-order valence-corrected chi connectivity index (χ0v) is 10.2. The van der Waals surface area contributed by atoms with Crippen LogP contribution >= 0.6 is 23.2 Å². The van der Waals surface area contributed by atoms with Gasteiger partial charge in [-0.25, -0.2) is 5.48 Å². The molecule has 2 aliphatic rings. The summed E-state index contributed by atoms with van der Waals surface area (Å²) in [6.07, 6.45) is 7.52. The van der Waals surface area contributed by atoms with E-state index in [1.165, 1.54) is 0 Å². The van der Waals surface area contributed by atoms with E-state index in [1.807, 2.05) is 35.4 Å². The van der Waals surface area contributed by atoms with Crippen LogP contribution in [0, 0.1) is 0 Å². The van der Waals surface area contributed by atoms with Gasteiger partial charge < -0.3 is 9.74 Å². The van der Waals surface area contributed by atoms with E-state index in [-0.39, 0.29) is 0 Å². The van der Waals surface area contributed by atoms with Crippen molar-refractivity contribution in [2.24, 2.45) is 0 Å². The molecule has 0 aromatic heterocycles. The summed E-state index contributed by atoms with van der Waals surface area (Å²) in [5.41, 5.74) is 4.59. The monoisotopic (exact) mass is 266 g/mol. The Balaban J connectivity index is 2.02. The number of hydrogen-bond donors (Lipinski definition) is 1. The summed E-state index contributed by atoms with van der Waals surface area (Å²) >= 11 is 11.9. The average molecular weight is 267 g/mol. The fourth-order valence-electron chi connectivity index (χ4n) is 1.74. The summed E-state index contributed by atoms with van der Waals surface area (Å²) in [6, 6.07) is 5.49. The fraction of sp³-hybridized carbons (Fsp3) is 0. The topological polar surface area (TPSA) is 24.5 Å². The lowest BCUT2D eigenvalue weighted by Crippen LogP contribution is -2.17. The Bertz CT molecular complexity index is 564. The van der Waals surface area contributed by atoms with E-state index in [9.17, 15) is 0 Å². The van der Waals surface area contributed by atoms with Gasteiger partial charge >= 0.3 is 0 Å². The van der Waals surface area contributed by atoms with Crippen LogP contribution < -0.4 is 10.4 Å². The van der Waals surface area contributed by atoms with Gasteiger partial charge in [0.25, 0.3) is 0 Å². The van der Waals surface area contributed by atoms with Crippen molar-refractivity contribution in [3.63, 3.8) is 0 Å². The molecule has 1 aromatic rings. The second-order valence-corrected chi connectivity index (χ2v) is 4.40. The molecule has 0 fully saturated rings. The van der Waals surface area contributed by atoms with Crippen LogP contribution in [0.3, 0.4) is 0 Å². The minimum Gasteiger partial charge on any atom is -0.380 e. The largest absolute Gasteiger partial charge is 0.380 e. The molecule has 3 nitrogen and oxygen atoms in total. The molecule has 2 aliphatic heterocycles. The molecule has 17 heavy (non-hydrogen) atoms. The molecule has 0 saturated carbocycles. The summed E-state index contributed by atoms with van der Waals surface area (Å²) in [7, 11) is 0. The Kier molecular flexibility index (Phi) is 2.50. The van der Waals surface area contributed by atoms with E-state index < -0.39 is 0 Å². The third kappa shape index (κ3) is 1.77. The highest BCUT2D eigenvalue weighted by atomic mass is 35.5. The zero-order chi connectivity index (χ0) is 11.8. The first-order chi connectivity index (χ1) is 8.25. The molecule has 0 radical (unpaired) electrons. The van der Waals surface area contributed by atoms with Gasteiger partial charge in [0.15, 0.2) is 5.76 Å². The van der Waals surface area contributed by atoms with E-state index in [2.05, 4.69) is 5.48 Å². The maximum absolute atomic E-state index is 6.01. The van der Waals surface area contributed by atoms with E-state index in [0.29, 0.717) is 10.0 Å².